The van der Waals surface area contributed by atoms with Gasteiger partial charge in [0.05, 0.1) is 12.2 Å². The fourth-order valence-corrected chi connectivity index (χ4v) is 6.11. The molecule has 0 heterocycles. The third kappa shape index (κ3) is 2.33. The lowest BCUT2D eigenvalue weighted by Gasteiger charge is -2.37. The summed E-state index contributed by atoms with van der Waals surface area (Å²) in [6, 6.07) is 0. The van der Waals surface area contributed by atoms with Crippen LogP contribution in [-0.2, 0) is 4.79 Å². The Balaban J connectivity index is 1.78. The maximum atomic E-state index is 13.2. The standard InChI is InChI=1S/C21H32O4/c1-11-9-14-13(19(14,3)4)5-6-20(7-8-20)18(24)15-16(22)12(2)10-21(15,25)17(11)23/h9,12-16,18,22,24-25H,5-8,10H2,1-4H3/b11-9+/t12-,13+,14-,15-,16?,18?,21?/m1/s1. The number of ketones is 1. The summed E-state index contributed by atoms with van der Waals surface area (Å²) < 4.78 is 0. The van der Waals surface area contributed by atoms with Crippen LogP contribution in [0.4, 0.5) is 0 Å². The van der Waals surface area contributed by atoms with E-state index in [-0.39, 0.29) is 29.0 Å². The molecule has 4 rings (SSSR count). The van der Waals surface area contributed by atoms with Gasteiger partial charge in [-0.15, -0.1) is 0 Å². The Labute approximate surface area is 150 Å². The van der Waals surface area contributed by atoms with Crippen LogP contribution in [0, 0.1) is 34.5 Å². The molecule has 4 aliphatic rings. The predicted molar refractivity (Wildman–Crippen MR) is 94.7 cm³/mol. The van der Waals surface area contributed by atoms with E-state index in [1.165, 1.54) is 0 Å². The van der Waals surface area contributed by atoms with Crippen molar-refractivity contribution in [2.75, 3.05) is 0 Å². The van der Waals surface area contributed by atoms with Crippen molar-refractivity contribution < 1.29 is 20.1 Å². The quantitative estimate of drug-likeness (QED) is 0.628. The molecule has 0 aromatic heterocycles. The number of carbonyl (C=O) groups is 1. The molecule has 0 amide bonds. The molecule has 3 unspecified atom stereocenters. The zero-order valence-corrected chi connectivity index (χ0v) is 15.8. The van der Waals surface area contributed by atoms with Crippen molar-refractivity contribution >= 4 is 5.78 Å². The highest BCUT2D eigenvalue weighted by molar-refractivity contribution is 6.02. The second-order valence-electron chi connectivity index (χ2n) is 10.1. The van der Waals surface area contributed by atoms with E-state index in [9.17, 15) is 20.1 Å². The number of hydrogen-bond donors (Lipinski definition) is 3. The average molecular weight is 348 g/mol. The Hall–Kier alpha value is -0.710. The van der Waals surface area contributed by atoms with Crippen LogP contribution in [-0.4, -0.2) is 38.9 Å². The van der Waals surface area contributed by atoms with E-state index in [0.717, 1.165) is 25.7 Å². The van der Waals surface area contributed by atoms with Crippen molar-refractivity contribution in [1.82, 2.24) is 0 Å². The molecule has 4 heteroatoms. The zero-order valence-electron chi connectivity index (χ0n) is 15.8. The molecule has 25 heavy (non-hydrogen) atoms. The van der Waals surface area contributed by atoms with Crippen LogP contribution >= 0.6 is 0 Å². The van der Waals surface area contributed by atoms with Crippen LogP contribution in [0.2, 0.25) is 0 Å². The van der Waals surface area contributed by atoms with Crippen LogP contribution in [0.25, 0.3) is 0 Å². The lowest BCUT2D eigenvalue weighted by Crippen LogP contribution is -2.52. The van der Waals surface area contributed by atoms with Gasteiger partial charge >= 0.3 is 0 Å². The fraction of sp³-hybridized carbons (Fsp3) is 0.857. The van der Waals surface area contributed by atoms with Gasteiger partial charge in [-0.2, -0.15) is 0 Å². The third-order valence-corrected chi connectivity index (χ3v) is 8.27. The van der Waals surface area contributed by atoms with Crippen molar-refractivity contribution in [1.29, 1.82) is 0 Å². The Morgan fingerprint density at radius 2 is 1.80 bits per heavy atom. The molecule has 0 saturated heterocycles. The predicted octanol–water partition coefficient (Wildman–Crippen LogP) is 2.46. The van der Waals surface area contributed by atoms with Crippen molar-refractivity contribution in [2.24, 2.45) is 34.5 Å². The Kier molecular flexibility index (Phi) is 3.66. The molecule has 0 aliphatic heterocycles. The number of rotatable bonds is 0. The molecule has 3 N–H and O–H groups in total. The molecule has 1 spiro atoms. The van der Waals surface area contributed by atoms with Crippen LogP contribution < -0.4 is 0 Å². The lowest BCUT2D eigenvalue weighted by atomic mass is 9.73. The normalized spacial score (nSPS) is 52.6. The smallest absolute Gasteiger partial charge is 0.190 e. The first-order chi connectivity index (χ1) is 11.5. The van der Waals surface area contributed by atoms with Crippen molar-refractivity contribution in [3.8, 4) is 0 Å². The number of allylic oxidation sites excluding steroid dienone is 1. The van der Waals surface area contributed by atoms with Gasteiger partial charge in [0, 0.05) is 5.92 Å². The molecule has 3 fully saturated rings. The van der Waals surface area contributed by atoms with Crippen LogP contribution in [0.5, 0.6) is 0 Å². The van der Waals surface area contributed by atoms with Gasteiger partial charge in [-0.1, -0.05) is 26.8 Å². The van der Waals surface area contributed by atoms with E-state index in [1.54, 1.807) is 6.92 Å². The van der Waals surface area contributed by atoms with Crippen molar-refractivity contribution in [2.45, 2.75) is 77.6 Å². The summed E-state index contributed by atoms with van der Waals surface area (Å²) in [6.07, 6.45) is 4.47. The van der Waals surface area contributed by atoms with Crippen LogP contribution in [0.15, 0.2) is 11.6 Å². The topological polar surface area (TPSA) is 77.8 Å². The van der Waals surface area contributed by atoms with E-state index in [4.69, 9.17) is 0 Å². The van der Waals surface area contributed by atoms with Crippen LogP contribution in [0.1, 0.15) is 59.8 Å². The number of carbonyl (C=O) groups excluding carboxylic acids is 1. The first kappa shape index (κ1) is 17.7. The van der Waals surface area contributed by atoms with Gasteiger partial charge in [-0.3, -0.25) is 4.79 Å². The van der Waals surface area contributed by atoms with Gasteiger partial charge < -0.3 is 15.3 Å². The summed E-state index contributed by atoms with van der Waals surface area (Å²) in [6.45, 7) is 8.14. The minimum absolute atomic E-state index is 0.187. The summed E-state index contributed by atoms with van der Waals surface area (Å²) in [4.78, 5) is 13.2. The second kappa shape index (κ2) is 5.17. The van der Waals surface area contributed by atoms with E-state index in [2.05, 4.69) is 19.9 Å². The van der Waals surface area contributed by atoms with Crippen molar-refractivity contribution in [3.63, 3.8) is 0 Å². The number of aliphatic hydroxyl groups excluding tert-OH is 2. The van der Waals surface area contributed by atoms with Gasteiger partial charge in [0.2, 0.25) is 0 Å². The lowest BCUT2D eigenvalue weighted by molar-refractivity contribution is -0.150. The molecule has 3 saturated carbocycles. The van der Waals surface area contributed by atoms with E-state index >= 15 is 0 Å². The highest BCUT2D eigenvalue weighted by Gasteiger charge is 2.65. The molecule has 0 bridgehead atoms. The van der Waals surface area contributed by atoms with Gasteiger partial charge in [0.1, 0.15) is 5.60 Å². The minimum atomic E-state index is -1.65. The highest BCUT2D eigenvalue weighted by Crippen LogP contribution is 2.66. The molecule has 4 aliphatic carbocycles. The summed E-state index contributed by atoms with van der Waals surface area (Å²) in [5.41, 5.74) is -1.08. The summed E-state index contributed by atoms with van der Waals surface area (Å²) in [5.74, 6) is -0.350. The second-order valence-corrected chi connectivity index (χ2v) is 10.1. The average Bonchev–Trinajstić information content (AvgIpc) is 3.39. The minimum Gasteiger partial charge on any atom is -0.392 e. The maximum absolute atomic E-state index is 13.2. The molecule has 140 valence electrons. The Morgan fingerprint density at radius 3 is 2.40 bits per heavy atom. The summed E-state index contributed by atoms with van der Waals surface area (Å²) >= 11 is 0. The first-order valence-electron chi connectivity index (χ1n) is 9.86. The number of fused-ring (bicyclic) bond motifs is 2. The van der Waals surface area contributed by atoms with E-state index in [0.29, 0.717) is 17.4 Å². The SMILES string of the molecule is C/C1=C\[C@@H]2[C@H](CCC3(CC3)C(O)[C@H]3C(O)[C@H](C)CC3(O)C1=O)C2(C)C. The highest BCUT2D eigenvalue weighted by atomic mass is 16.3. The molecular formula is C21H32O4. The molecule has 7 atom stereocenters. The summed E-state index contributed by atoms with van der Waals surface area (Å²) in [5, 5.41) is 33.2. The van der Waals surface area contributed by atoms with E-state index < -0.39 is 23.7 Å². The third-order valence-electron chi connectivity index (χ3n) is 8.27. The number of Topliss-reactive ketones (excluding diaryl/α,β-unsaturated/α-hetero) is 1. The molecular weight excluding hydrogens is 316 g/mol. The maximum Gasteiger partial charge on any atom is 0.190 e. The van der Waals surface area contributed by atoms with Gasteiger partial charge in [0.15, 0.2) is 5.78 Å². The molecule has 0 radical (unpaired) electrons. The fourth-order valence-electron chi connectivity index (χ4n) is 6.11. The van der Waals surface area contributed by atoms with Gasteiger partial charge in [-0.25, -0.2) is 0 Å². The van der Waals surface area contributed by atoms with E-state index in [1.807, 2.05) is 6.92 Å². The number of aliphatic hydroxyl groups is 3. The van der Waals surface area contributed by atoms with Gasteiger partial charge in [0.25, 0.3) is 0 Å². The van der Waals surface area contributed by atoms with Crippen molar-refractivity contribution in [3.05, 3.63) is 11.6 Å². The Morgan fingerprint density at radius 1 is 1.16 bits per heavy atom. The molecule has 0 aromatic carbocycles. The zero-order chi connectivity index (χ0) is 18.4. The van der Waals surface area contributed by atoms with Crippen LogP contribution in [0.3, 0.4) is 0 Å². The Bertz CT molecular complexity index is 632. The van der Waals surface area contributed by atoms with Gasteiger partial charge in [-0.05, 0) is 73.2 Å². The summed E-state index contributed by atoms with van der Waals surface area (Å²) in [7, 11) is 0. The largest absolute Gasteiger partial charge is 0.392 e. The number of hydrogen-bond acceptors (Lipinski definition) is 4. The molecule has 4 nitrogen and oxygen atoms in total. The monoisotopic (exact) mass is 348 g/mol. The molecule has 0 aromatic rings. The first-order valence-corrected chi connectivity index (χ1v) is 9.86.